The fourth-order valence-corrected chi connectivity index (χ4v) is 2.26. The maximum atomic E-state index is 6.26. The second kappa shape index (κ2) is 9.50. The fourth-order valence-electron chi connectivity index (χ4n) is 2.26. The van der Waals surface area contributed by atoms with Gasteiger partial charge in [-0.05, 0) is 42.0 Å². The summed E-state index contributed by atoms with van der Waals surface area (Å²) in [6.07, 6.45) is 2.16. The van der Waals surface area contributed by atoms with Crippen molar-refractivity contribution in [3.05, 3.63) is 65.7 Å². The maximum absolute atomic E-state index is 6.26. The van der Waals surface area contributed by atoms with Gasteiger partial charge in [0.1, 0.15) is 12.4 Å². The molecule has 3 heteroatoms. The van der Waals surface area contributed by atoms with Gasteiger partial charge in [-0.2, -0.15) is 0 Å². The summed E-state index contributed by atoms with van der Waals surface area (Å²) >= 11 is 0. The Hall–Kier alpha value is -1.51. The molecular formula is C19H26ClNO. The van der Waals surface area contributed by atoms with Gasteiger partial charge in [0.05, 0.1) is 0 Å². The van der Waals surface area contributed by atoms with E-state index in [9.17, 15) is 0 Å². The third-order valence-corrected chi connectivity index (χ3v) is 3.59. The molecule has 0 fully saturated rings. The Morgan fingerprint density at radius 1 is 0.955 bits per heavy atom. The Bertz CT molecular complexity index is 542. The molecule has 2 aromatic carbocycles. The van der Waals surface area contributed by atoms with Crippen molar-refractivity contribution < 1.29 is 4.74 Å². The molecule has 2 N–H and O–H groups in total. The Kier molecular flexibility index (Phi) is 8.00. The van der Waals surface area contributed by atoms with Crippen LogP contribution in [0.2, 0.25) is 0 Å². The first kappa shape index (κ1) is 18.5. The molecule has 0 unspecified atom stereocenters. The quantitative estimate of drug-likeness (QED) is 0.768. The van der Waals surface area contributed by atoms with Crippen molar-refractivity contribution in [2.24, 2.45) is 11.7 Å². The molecular weight excluding hydrogens is 294 g/mol. The van der Waals surface area contributed by atoms with Crippen molar-refractivity contribution >= 4 is 12.4 Å². The van der Waals surface area contributed by atoms with Gasteiger partial charge in [-0.25, -0.2) is 0 Å². The van der Waals surface area contributed by atoms with Crippen molar-refractivity contribution in [3.8, 4) is 5.75 Å². The molecule has 0 heterocycles. The first-order valence-electron chi connectivity index (χ1n) is 7.67. The third kappa shape index (κ3) is 6.08. The zero-order chi connectivity index (χ0) is 15.1. The molecule has 0 aliphatic rings. The number of halogens is 1. The molecule has 0 amide bonds. The first-order valence-corrected chi connectivity index (χ1v) is 7.67. The summed E-state index contributed by atoms with van der Waals surface area (Å²) in [7, 11) is 0. The maximum Gasteiger partial charge on any atom is 0.120 e. The Morgan fingerprint density at radius 3 is 2.36 bits per heavy atom. The van der Waals surface area contributed by atoms with Crippen LogP contribution in [-0.2, 0) is 6.61 Å². The number of rotatable bonds is 7. The molecule has 0 saturated carbocycles. The van der Waals surface area contributed by atoms with Crippen LogP contribution in [0.3, 0.4) is 0 Å². The van der Waals surface area contributed by atoms with Gasteiger partial charge in [-0.1, -0.05) is 56.3 Å². The highest BCUT2D eigenvalue weighted by Crippen LogP contribution is 2.23. The standard InChI is InChI=1S/C19H25NO.ClH/c1-15(2)11-12-19(20)17-9-6-10-18(13-17)21-14-16-7-4-3-5-8-16;/h3-10,13,15,19H,11-12,14,20H2,1-2H3;1H/t19-;/m0./s1. The number of nitrogens with two attached hydrogens (primary N) is 1. The molecule has 22 heavy (non-hydrogen) atoms. The van der Waals surface area contributed by atoms with Crippen LogP contribution in [0.15, 0.2) is 54.6 Å². The van der Waals surface area contributed by atoms with Crippen molar-refractivity contribution in [2.75, 3.05) is 0 Å². The van der Waals surface area contributed by atoms with Crippen LogP contribution in [0.1, 0.15) is 43.9 Å². The molecule has 0 saturated heterocycles. The van der Waals surface area contributed by atoms with Gasteiger partial charge in [0.2, 0.25) is 0 Å². The molecule has 2 rings (SSSR count). The lowest BCUT2D eigenvalue weighted by molar-refractivity contribution is 0.305. The average molecular weight is 320 g/mol. The highest BCUT2D eigenvalue weighted by atomic mass is 35.5. The van der Waals surface area contributed by atoms with Crippen molar-refractivity contribution in [2.45, 2.75) is 39.3 Å². The van der Waals surface area contributed by atoms with E-state index in [2.05, 4.69) is 38.1 Å². The smallest absolute Gasteiger partial charge is 0.120 e. The normalized spacial score (nSPS) is 11.8. The van der Waals surface area contributed by atoms with E-state index in [1.165, 1.54) is 5.56 Å². The molecule has 0 spiro atoms. The van der Waals surface area contributed by atoms with E-state index >= 15 is 0 Å². The van der Waals surface area contributed by atoms with Crippen LogP contribution in [-0.4, -0.2) is 0 Å². The number of benzene rings is 2. The average Bonchev–Trinajstić information content (AvgIpc) is 2.52. The summed E-state index contributed by atoms with van der Waals surface area (Å²) in [6, 6.07) is 18.4. The molecule has 120 valence electrons. The van der Waals surface area contributed by atoms with Crippen molar-refractivity contribution in [1.82, 2.24) is 0 Å². The van der Waals surface area contributed by atoms with Gasteiger partial charge in [0.25, 0.3) is 0 Å². The van der Waals surface area contributed by atoms with Gasteiger partial charge in [0, 0.05) is 6.04 Å². The molecule has 0 radical (unpaired) electrons. The first-order chi connectivity index (χ1) is 10.1. The highest BCUT2D eigenvalue weighted by Gasteiger charge is 2.08. The van der Waals surface area contributed by atoms with E-state index < -0.39 is 0 Å². The van der Waals surface area contributed by atoms with E-state index in [1.807, 2.05) is 30.3 Å². The number of hydrogen-bond acceptors (Lipinski definition) is 2. The minimum atomic E-state index is 0. The zero-order valence-corrected chi connectivity index (χ0v) is 14.2. The zero-order valence-electron chi connectivity index (χ0n) is 13.4. The van der Waals surface area contributed by atoms with Crippen LogP contribution in [0.25, 0.3) is 0 Å². The Balaban J connectivity index is 0.00000242. The number of hydrogen-bond donors (Lipinski definition) is 1. The second-order valence-corrected chi connectivity index (χ2v) is 5.92. The van der Waals surface area contributed by atoms with Crippen LogP contribution in [0, 0.1) is 5.92 Å². The van der Waals surface area contributed by atoms with Gasteiger partial charge in [-0.3, -0.25) is 0 Å². The SMILES string of the molecule is CC(C)CC[C@H](N)c1cccc(OCc2ccccc2)c1.Cl. The van der Waals surface area contributed by atoms with E-state index in [0.29, 0.717) is 12.5 Å². The largest absolute Gasteiger partial charge is 0.489 e. The summed E-state index contributed by atoms with van der Waals surface area (Å²) in [4.78, 5) is 0. The van der Waals surface area contributed by atoms with E-state index in [-0.39, 0.29) is 18.4 Å². The van der Waals surface area contributed by atoms with Gasteiger partial charge >= 0.3 is 0 Å². The Labute approximate surface area is 140 Å². The summed E-state index contributed by atoms with van der Waals surface area (Å²) in [6.45, 7) is 5.05. The van der Waals surface area contributed by atoms with Crippen LogP contribution in [0.4, 0.5) is 0 Å². The monoisotopic (exact) mass is 319 g/mol. The van der Waals surface area contributed by atoms with Gasteiger partial charge < -0.3 is 10.5 Å². The topological polar surface area (TPSA) is 35.2 Å². The van der Waals surface area contributed by atoms with Crippen LogP contribution >= 0.6 is 12.4 Å². The Morgan fingerprint density at radius 2 is 1.68 bits per heavy atom. The molecule has 1 atom stereocenters. The predicted octanol–water partition coefficient (Wildman–Crippen LogP) is 5.12. The minimum absolute atomic E-state index is 0. The summed E-state index contributed by atoms with van der Waals surface area (Å²) in [5, 5.41) is 0. The van der Waals surface area contributed by atoms with E-state index in [4.69, 9.17) is 10.5 Å². The van der Waals surface area contributed by atoms with Crippen molar-refractivity contribution in [3.63, 3.8) is 0 Å². The lowest BCUT2D eigenvalue weighted by Gasteiger charge is -2.15. The fraction of sp³-hybridized carbons (Fsp3) is 0.368. The molecule has 0 aromatic heterocycles. The third-order valence-electron chi connectivity index (χ3n) is 3.59. The van der Waals surface area contributed by atoms with Gasteiger partial charge in [0.15, 0.2) is 0 Å². The lowest BCUT2D eigenvalue weighted by atomic mass is 9.98. The highest BCUT2D eigenvalue weighted by molar-refractivity contribution is 5.85. The number of ether oxygens (including phenoxy) is 1. The van der Waals surface area contributed by atoms with Crippen LogP contribution < -0.4 is 10.5 Å². The van der Waals surface area contributed by atoms with Crippen molar-refractivity contribution in [1.29, 1.82) is 0 Å². The molecule has 0 aliphatic carbocycles. The molecule has 2 nitrogen and oxygen atoms in total. The minimum Gasteiger partial charge on any atom is -0.489 e. The van der Waals surface area contributed by atoms with Crippen LogP contribution in [0.5, 0.6) is 5.75 Å². The summed E-state index contributed by atoms with van der Waals surface area (Å²) in [5.74, 6) is 1.57. The summed E-state index contributed by atoms with van der Waals surface area (Å²) in [5.41, 5.74) is 8.59. The lowest BCUT2D eigenvalue weighted by Crippen LogP contribution is -2.11. The van der Waals surface area contributed by atoms with E-state index in [1.54, 1.807) is 0 Å². The molecule has 2 aromatic rings. The molecule has 0 bridgehead atoms. The van der Waals surface area contributed by atoms with E-state index in [0.717, 1.165) is 24.2 Å². The van der Waals surface area contributed by atoms with Gasteiger partial charge in [-0.15, -0.1) is 12.4 Å². The molecule has 0 aliphatic heterocycles. The summed E-state index contributed by atoms with van der Waals surface area (Å²) < 4.78 is 5.85. The predicted molar refractivity (Wildman–Crippen MR) is 95.5 cm³/mol. The second-order valence-electron chi connectivity index (χ2n) is 5.92.